The number of carbonyl (C=O) groups is 3. The quantitative estimate of drug-likeness (QED) is 0.392. The molecule has 0 bridgehead atoms. The van der Waals surface area contributed by atoms with Crippen LogP contribution in [-0.2, 0) is 14.8 Å². The predicted molar refractivity (Wildman–Crippen MR) is 108 cm³/mol. The number of hydrogen-bond donors (Lipinski definition) is 5. The fourth-order valence-electron chi connectivity index (χ4n) is 2.26. The molecule has 0 fully saturated rings. The monoisotopic (exact) mass is 435 g/mol. The number of ether oxygens (including phenoxy) is 1. The highest BCUT2D eigenvalue weighted by Crippen LogP contribution is 2.20. The predicted octanol–water partition coefficient (Wildman–Crippen LogP) is 0.314. The van der Waals surface area contributed by atoms with E-state index in [0.29, 0.717) is 11.4 Å². The minimum Gasteiger partial charge on any atom is -0.497 e. The summed E-state index contributed by atoms with van der Waals surface area (Å²) in [6.45, 7) is 1.37. The number of amides is 4. The van der Waals surface area contributed by atoms with E-state index >= 15 is 0 Å². The van der Waals surface area contributed by atoms with Crippen LogP contribution >= 0.6 is 0 Å². The number of rotatable bonds is 7. The van der Waals surface area contributed by atoms with Crippen molar-refractivity contribution >= 4 is 33.6 Å². The molecule has 2 rings (SSSR count). The Bertz CT molecular complexity index is 1040. The third-order valence-corrected chi connectivity index (χ3v) is 5.18. The molecule has 0 heterocycles. The molecule has 0 aliphatic carbocycles. The van der Waals surface area contributed by atoms with E-state index in [1.807, 2.05) is 0 Å². The van der Waals surface area contributed by atoms with Crippen molar-refractivity contribution in [1.82, 2.24) is 16.2 Å². The van der Waals surface area contributed by atoms with Gasteiger partial charge in [-0.3, -0.25) is 25.2 Å². The van der Waals surface area contributed by atoms with Gasteiger partial charge >= 0.3 is 6.03 Å². The molecule has 0 saturated carbocycles. The molecule has 2 aromatic rings. The van der Waals surface area contributed by atoms with E-state index < -0.39 is 33.9 Å². The van der Waals surface area contributed by atoms with Crippen LogP contribution in [-0.4, -0.2) is 39.4 Å². The number of benzene rings is 2. The maximum atomic E-state index is 12.6. The molecule has 0 aliphatic heterocycles. The van der Waals surface area contributed by atoms with Gasteiger partial charge in [0.05, 0.1) is 12.0 Å². The van der Waals surface area contributed by atoms with E-state index in [1.165, 1.54) is 44.4 Å². The molecule has 0 spiro atoms. The summed E-state index contributed by atoms with van der Waals surface area (Å²) in [6, 6.07) is 9.60. The number of nitrogens with one attached hydrogen (secondary N) is 4. The summed E-state index contributed by atoms with van der Waals surface area (Å²) in [5, 5.41) is 2.15. The number of carbonyl (C=O) groups excluding carboxylic acids is 3. The zero-order valence-electron chi connectivity index (χ0n) is 16.1. The molecule has 2 aromatic carbocycles. The summed E-state index contributed by atoms with van der Waals surface area (Å²) in [6.07, 6.45) is 0. The summed E-state index contributed by atoms with van der Waals surface area (Å²) in [4.78, 5) is 34.6. The largest absolute Gasteiger partial charge is 0.497 e. The summed E-state index contributed by atoms with van der Waals surface area (Å²) in [5.41, 5.74) is 9.47. The lowest BCUT2D eigenvalue weighted by Crippen LogP contribution is -2.52. The van der Waals surface area contributed by atoms with Gasteiger partial charge in [-0.15, -0.1) is 0 Å². The first-order valence-electron chi connectivity index (χ1n) is 8.55. The first-order valence-corrected chi connectivity index (χ1v) is 10.0. The van der Waals surface area contributed by atoms with E-state index in [0.717, 1.165) is 6.07 Å². The van der Waals surface area contributed by atoms with Crippen LogP contribution in [0.5, 0.6) is 5.75 Å². The normalized spacial score (nSPS) is 11.7. The molecule has 11 nitrogen and oxygen atoms in total. The third kappa shape index (κ3) is 6.10. The smallest absolute Gasteiger partial charge is 0.312 e. The molecule has 0 radical (unpaired) electrons. The second-order valence-electron chi connectivity index (χ2n) is 6.04. The van der Waals surface area contributed by atoms with Gasteiger partial charge in [0.1, 0.15) is 11.8 Å². The number of methoxy groups -OCH3 is 1. The van der Waals surface area contributed by atoms with Crippen molar-refractivity contribution in [3.05, 3.63) is 54.1 Å². The van der Waals surface area contributed by atoms with Crippen molar-refractivity contribution in [2.45, 2.75) is 17.9 Å². The van der Waals surface area contributed by atoms with Crippen molar-refractivity contribution in [3.8, 4) is 5.75 Å². The molecule has 4 amide bonds. The molecule has 0 saturated heterocycles. The van der Waals surface area contributed by atoms with Crippen LogP contribution in [0.25, 0.3) is 0 Å². The molecule has 160 valence electrons. The maximum absolute atomic E-state index is 12.6. The van der Waals surface area contributed by atoms with Crippen molar-refractivity contribution in [2.75, 3.05) is 11.8 Å². The number of urea groups is 1. The summed E-state index contributed by atoms with van der Waals surface area (Å²) in [5.74, 6) is -0.901. The fourth-order valence-corrected chi connectivity index (χ4v) is 3.36. The van der Waals surface area contributed by atoms with Crippen LogP contribution in [0.1, 0.15) is 17.3 Å². The average molecular weight is 435 g/mol. The zero-order valence-corrected chi connectivity index (χ0v) is 16.9. The number of primary amides is 1. The second kappa shape index (κ2) is 9.60. The topological polar surface area (TPSA) is 169 Å². The molecular formula is C18H21N5O6S. The Morgan fingerprint density at radius 2 is 1.70 bits per heavy atom. The minimum atomic E-state index is -3.97. The number of hydrogen-bond acceptors (Lipinski definition) is 6. The Balaban J connectivity index is 2.07. The van der Waals surface area contributed by atoms with E-state index in [1.54, 1.807) is 12.1 Å². The molecule has 6 N–H and O–H groups in total. The van der Waals surface area contributed by atoms with Gasteiger partial charge in [0, 0.05) is 11.3 Å². The van der Waals surface area contributed by atoms with E-state index in [2.05, 4.69) is 20.9 Å². The van der Waals surface area contributed by atoms with Crippen LogP contribution in [0.2, 0.25) is 0 Å². The lowest BCUT2D eigenvalue weighted by molar-refractivity contribution is -0.123. The summed E-state index contributed by atoms with van der Waals surface area (Å²) in [7, 11) is -2.47. The Hall–Kier alpha value is -3.80. The number of nitrogens with two attached hydrogens (primary N) is 1. The lowest BCUT2D eigenvalue weighted by Gasteiger charge is -2.13. The maximum Gasteiger partial charge on any atom is 0.312 e. The summed E-state index contributed by atoms with van der Waals surface area (Å²) >= 11 is 0. The number of hydrazine groups is 1. The van der Waals surface area contributed by atoms with Gasteiger partial charge in [0.15, 0.2) is 0 Å². The second-order valence-corrected chi connectivity index (χ2v) is 7.72. The van der Waals surface area contributed by atoms with E-state index in [4.69, 9.17) is 10.5 Å². The highest BCUT2D eigenvalue weighted by molar-refractivity contribution is 7.92. The van der Waals surface area contributed by atoms with Gasteiger partial charge in [-0.2, -0.15) is 0 Å². The van der Waals surface area contributed by atoms with Crippen LogP contribution in [0, 0.1) is 0 Å². The average Bonchev–Trinajstić information content (AvgIpc) is 2.71. The fraction of sp³-hybridized carbons (Fsp3) is 0.167. The van der Waals surface area contributed by atoms with Crippen LogP contribution in [0.4, 0.5) is 10.5 Å². The van der Waals surface area contributed by atoms with Crippen LogP contribution in [0.15, 0.2) is 53.4 Å². The molecule has 0 aliphatic rings. The van der Waals surface area contributed by atoms with Gasteiger partial charge in [0.2, 0.25) is 0 Å². The Morgan fingerprint density at radius 3 is 2.30 bits per heavy atom. The van der Waals surface area contributed by atoms with Gasteiger partial charge in [-0.1, -0.05) is 6.07 Å². The zero-order chi connectivity index (χ0) is 22.3. The Morgan fingerprint density at radius 1 is 1.03 bits per heavy atom. The highest BCUT2D eigenvalue weighted by Gasteiger charge is 2.18. The molecule has 0 aromatic heterocycles. The van der Waals surface area contributed by atoms with E-state index in [-0.39, 0.29) is 10.5 Å². The molecule has 1 atom stereocenters. The Kier molecular flexibility index (Phi) is 7.20. The molecule has 30 heavy (non-hydrogen) atoms. The van der Waals surface area contributed by atoms with Crippen molar-refractivity contribution in [2.24, 2.45) is 5.73 Å². The van der Waals surface area contributed by atoms with Crippen LogP contribution in [0.3, 0.4) is 0 Å². The van der Waals surface area contributed by atoms with Crippen molar-refractivity contribution in [1.29, 1.82) is 0 Å². The molecule has 12 heteroatoms. The van der Waals surface area contributed by atoms with Gasteiger partial charge in [0.25, 0.3) is 21.8 Å². The number of anilines is 1. The van der Waals surface area contributed by atoms with Crippen molar-refractivity contribution < 1.29 is 27.5 Å². The third-order valence-electron chi connectivity index (χ3n) is 3.80. The first-order chi connectivity index (χ1) is 14.1. The number of sulfonamides is 1. The standard InChI is InChI=1S/C18H21N5O6S/c1-11(20-18(19)26)16(24)21-22-17(25)12-4-3-5-15(10-12)30(27,28)23-13-6-8-14(29-2)9-7-13/h3-11,23H,1-2H3,(H,21,24)(H,22,25)(H3,19,20,26)/t11-/m0/s1. The Labute approximate surface area is 173 Å². The molecule has 0 unspecified atom stereocenters. The first kappa shape index (κ1) is 22.5. The van der Waals surface area contributed by atoms with Gasteiger partial charge < -0.3 is 15.8 Å². The molecular weight excluding hydrogens is 414 g/mol. The minimum absolute atomic E-state index is 0.0107. The SMILES string of the molecule is COc1ccc(NS(=O)(=O)c2cccc(C(=O)NNC(=O)[C@H](C)NC(N)=O)c2)cc1. The summed E-state index contributed by atoms with van der Waals surface area (Å²) < 4.78 is 32.6. The lowest BCUT2D eigenvalue weighted by atomic mass is 10.2. The van der Waals surface area contributed by atoms with Gasteiger partial charge in [-0.05, 0) is 49.4 Å². The van der Waals surface area contributed by atoms with Crippen molar-refractivity contribution in [3.63, 3.8) is 0 Å². The highest BCUT2D eigenvalue weighted by atomic mass is 32.2. The van der Waals surface area contributed by atoms with Gasteiger partial charge in [-0.25, -0.2) is 13.2 Å². The van der Waals surface area contributed by atoms with Crippen LogP contribution < -0.4 is 31.4 Å². The van der Waals surface area contributed by atoms with E-state index in [9.17, 15) is 22.8 Å².